The summed E-state index contributed by atoms with van der Waals surface area (Å²) in [6.07, 6.45) is 0. The summed E-state index contributed by atoms with van der Waals surface area (Å²) in [5, 5.41) is 2.18. The highest BCUT2D eigenvalue weighted by Crippen LogP contribution is 2.30. The minimum absolute atomic E-state index is 0.00352. The highest BCUT2D eigenvalue weighted by atomic mass is 35.5. The molecule has 0 aliphatic rings. The van der Waals surface area contributed by atoms with Crippen LogP contribution in [0.5, 0.6) is 0 Å². The van der Waals surface area contributed by atoms with Crippen LogP contribution in [-0.4, -0.2) is 6.03 Å². The number of hydrogen-bond acceptors (Lipinski definition) is 1. The molecule has 70 valence electrons. The fourth-order valence-electron chi connectivity index (χ4n) is 0.785. The maximum absolute atomic E-state index is 12.6. The van der Waals surface area contributed by atoms with Gasteiger partial charge in [0.1, 0.15) is 5.82 Å². The van der Waals surface area contributed by atoms with E-state index in [9.17, 15) is 9.18 Å². The molecule has 0 aliphatic heterocycles. The van der Waals surface area contributed by atoms with Gasteiger partial charge in [0.25, 0.3) is 0 Å². The van der Waals surface area contributed by atoms with Crippen LogP contribution in [0.15, 0.2) is 12.1 Å². The molecule has 0 radical (unpaired) electrons. The molecule has 0 spiro atoms. The zero-order valence-corrected chi connectivity index (χ0v) is 7.79. The number of rotatable bonds is 1. The van der Waals surface area contributed by atoms with Crippen LogP contribution in [0.3, 0.4) is 0 Å². The molecular formula is C7H5Cl2FN2O. The molecule has 0 aromatic heterocycles. The lowest BCUT2D eigenvalue weighted by Crippen LogP contribution is -2.19. The minimum atomic E-state index is -0.810. The highest BCUT2D eigenvalue weighted by molar-refractivity contribution is 6.39. The minimum Gasteiger partial charge on any atom is -0.351 e. The van der Waals surface area contributed by atoms with Gasteiger partial charge in [0.05, 0.1) is 15.7 Å². The SMILES string of the molecule is NC(=O)Nc1c(Cl)cc(F)cc1Cl. The number of anilines is 1. The van der Waals surface area contributed by atoms with Crippen LogP contribution >= 0.6 is 23.2 Å². The van der Waals surface area contributed by atoms with Crippen molar-refractivity contribution in [1.29, 1.82) is 0 Å². The van der Waals surface area contributed by atoms with Gasteiger partial charge in [-0.3, -0.25) is 0 Å². The molecular weight excluding hydrogens is 218 g/mol. The first kappa shape index (κ1) is 10.1. The Kier molecular flexibility index (Phi) is 2.95. The molecule has 0 atom stereocenters. The average Bonchev–Trinajstić information content (AvgIpc) is 1.96. The van der Waals surface area contributed by atoms with E-state index in [-0.39, 0.29) is 15.7 Å². The Morgan fingerprint density at radius 1 is 1.38 bits per heavy atom. The van der Waals surface area contributed by atoms with Crippen LogP contribution in [0, 0.1) is 5.82 Å². The van der Waals surface area contributed by atoms with E-state index in [1.165, 1.54) is 0 Å². The van der Waals surface area contributed by atoms with Crippen molar-refractivity contribution in [3.63, 3.8) is 0 Å². The average molecular weight is 223 g/mol. The summed E-state index contributed by atoms with van der Waals surface area (Å²) in [5.74, 6) is -0.579. The third-order valence-electron chi connectivity index (χ3n) is 1.26. The van der Waals surface area contributed by atoms with Crippen molar-refractivity contribution in [3.8, 4) is 0 Å². The van der Waals surface area contributed by atoms with E-state index < -0.39 is 11.8 Å². The predicted molar refractivity (Wildman–Crippen MR) is 49.6 cm³/mol. The summed E-state index contributed by atoms with van der Waals surface area (Å²) < 4.78 is 12.6. The lowest BCUT2D eigenvalue weighted by atomic mass is 10.3. The van der Waals surface area contributed by atoms with Gasteiger partial charge in [-0.15, -0.1) is 0 Å². The molecule has 0 heterocycles. The Bertz CT molecular complexity index is 333. The van der Waals surface area contributed by atoms with Gasteiger partial charge in [-0.1, -0.05) is 23.2 Å². The maximum Gasteiger partial charge on any atom is 0.316 e. The molecule has 0 saturated heterocycles. The van der Waals surface area contributed by atoms with Crippen molar-refractivity contribution in [2.24, 2.45) is 5.73 Å². The van der Waals surface area contributed by atoms with Gasteiger partial charge >= 0.3 is 6.03 Å². The predicted octanol–water partition coefficient (Wildman–Crippen LogP) is 2.62. The van der Waals surface area contributed by atoms with E-state index in [1.54, 1.807) is 0 Å². The van der Waals surface area contributed by atoms with Crippen molar-refractivity contribution in [3.05, 3.63) is 28.0 Å². The van der Waals surface area contributed by atoms with E-state index >= 15 is 0 Å². The molecule has 1 rings (SSSR count). The Morgan fingerprint density at radius 2 is 1.85 bits per heavy atom. The normalized spacial score (nSPS) is 9.77. The second-order valence-corrected chi connectivity index (χ2v) is 3.05. The van der Waals surface area contributed by atoms with Crippen LogP contribution in [0.1, 0.15) is 0 Å². The van der Waals surface area contributed by atoms with Crippen LogP contribution in [0.2, 0.25) is 10.0 Å². The molecule has 6 heteroatoms. The molecule has 1 aromatic rings. The number of halogens is 3. The van der Waals surface area contributed by atoms with E-state index in [4.69, 9.17) is 28.9 Å². The fourth-order valence-corrected chi connectivity index (χ4v) is 1.34. The zero-order valence-electron chi connectivity index (χ0n) is 6.27. The van der Waals surface area contributed by atoms with Crippen molar-refractivity contribution < 1.29 is 9.18 Å². The van der Waals surface area contributed by atoms with Gasteiger partial charge in [-0.2, -0.15) is 0 Å². The summed E-state index contributed by atoms with van der Waals surface area (Å²) in [6.45, 7) is 0. The molecule has 1 aromatic carbocycles. The molecule has 2 amide bonds. The lowest BCUT2D eigenvalue weighted by Gasteiger charge is -2.06. The van der Waals surface area contributed by atoms with Crippen molar-refractivity contribution in [2.75, 3.05) is 5.32 Å². The molecule has 3 N–H and O–H groups in total. The lowest BCUT2D eigenvalue weighted by molar-refractivity contribution is 0.259. The first-order valence-electron chi connectivity index (χ1n) is 3.21. The zero-order chi connectivity index (χ0) is 10.0. The number of amides is 2. The Morgan fingerprint density at radius 3 is 2.23 bits per heavy atom. The summed E-state index contributed by atoms with van der Waals surface area (Å²) >= 11 is 11.2. The number of nitrogens with one attached hydrogen (secondary N) is 1. The van der Waals surface area contributed by atoms with Crippen molar-refractivity contribution in [2.45, 2.75) is 0 Å². The monoisotopic (exact) mass is 222 g/mol. The number of benzene rings is 1. The molecule has 0 unspecified atom stereocenters. The Hall–Kier alpha value is -1.00. The molecule has 0 aliphatic carbocycles. The molecule has 13 heavy (non-hydrogen) atoms. The number of carbonyl (C=O) groups is 1. The van der Waals surface area contributed by atoms with Crippen molar-refractivity contribution >= 4 is 34.9 Å². The van der Waals surface area contributed by atoms with E-state index in [0.717, 1.165) is 12.1 Å². The summed E-state index contributed by atoms with van der Waals surface area (Å²) in [7, 11) is 0. The first-order valence-corrected chi connectivity index (χ1v) is 3.97. The fraction of sp³-hybridized carbons (Fsp3) is 0. The van der Waals surface area contributed by atoms with Crippen LogP contribution in [-0.2, 0) is 0 Å². The van der Waals surface area contributed by atoms with Gasteiger partial charge < -0.3 is 11.1 Å². The Labute approximate surface area is 83.6 Å². The van der Waals surface area contributed by atoms with Crippen LogP contribution in [0.4, 0.5) is 14.9 Å². The van der Waals surface area contributed by atoms with E-state index in [0.29, 0.717) is 0 Å². The maximum atomic E-state index is 12.6. The number of hydrogen-bond donors (Lipinski definition) is 2. The number of primary amides is 1. The van der Waals surface area contributed by atoms with Gasteiger partial charge in [-0.05, 0) is 12.1 Å². The van der Waals surface area contributed by atoms with E-state index in [1.807, 2.05) is 0 Å². The summed E-state index contributed by atoms with van der Waals surface area (Å²) in [6, 6.07) is 1.24. The second-order valence-electron chi connectivity index (χ2n) is 2.23. The molecule has 0 fully saturated rings. The summed E-state index contributed by atoms with van der Waals surface area (Å²) in [5.41, 5.74) is 4.95. The van der Waals surface area contributed by atoms with Crippen LogP contribution < -0.4 is 11.1 Å². The third kappa shape index (κ3) is 2.47. The summed E-state index contributed by atoms with van der Waals surface area (Å²) in [4.78, 5) is 10.5. The second kappa shape index (κ2) is 3.81. The largest absolute Gasteiger partial charge is 0.351 e. The van der Waals surface area contributed by atoms with Gasteiger partial charge in [0, 0.05) is 0 Å². The number of nitrogens with two attached hydrogens (primary N) is 1. The third-order valence-corrected chi connectivity index (χ3v) is 1.85. The van der Waals surface area contributed by atoms with Crippen LogP contribution in [0.25, 0.3) is 0 Å². The van der Waals surface area contributed by atoms with E-state index in [2.05, 4.69) is 5.32 Å². The van der Waals surface area contributed by atoms with Gasteiger partial charge in [-0.25, -0.2) is 9.18 Å². The Balaban J connectivity index is 3.13. The first-order chi connectivity index (χ1) is 6.00. The highest BCUT2D eigenvalue weighted by Gasteiger charge is 2.09. The van der Waals surface area contributed by atoms with Crippen molar-refractivity contribution in [1.82, 2.24) is 0 Å². The quantitative estimate of drug-likeness (QED) is 0.755. The molecule has 3 nitrogen and oxygen atoms in total. The number of urea groups is 1. The van der Waals surface area contributed by atoms with Gasteiger partial charge in [0.15, 0.2) is 0 Å². The van der Waals surface area contributed by atoms with Gasteiger partial charge in [0.2, 0.25) is 0 Å². The standard InChI is InChI=1S/C7H5Cl2FN2O/c8-4-1-3(10)2-5(9)6(4)12-7(11)13/h1-2H,(H3,11,12,13). The topological polar surface area (TPSA) is 55.1 Å². The smallest absolute Gasteiger partial charge is 0.316 e. The number of carbonyl (C=O) groups excluding carboxylic acids is 1. The molecule has 0 saturated carbocycles. The molecule has 0 bridgehead atoms.